The van der Waals surface area contributed by atoms with E-state index in [1.165, 1.54) is 122 Å². The Bertz CT molecular complexity index is 2440. The summed E-state index contributed by atoms with van der Waals surface area (Å²) < 4.78 is 68.5. The predicted molar refractivity (Wildman–Crippen MR) is 427 cm³/mol. The second-order valence-corrected chi connectivity index (χ2v) is 29.9. The monoisotopic (exact) mass is 1500 g/mol. The smallest absolute Gasteiger partial charge is 0.462 e. The molecule has 0 saturated heterocycles. The number of rotatable bonds is 76. The summed E-state index contributed by atoms with van der Waals surface area (Å²) in [6.45, 7) is 4.69. The van der Waals surface area contributed by atoms with Crippen molar-refractivity contribution in [3.63, 3.8) is 0 Å². The van der Waals surface area contributed by atoms with Crippen LogP contribution in [0.15, 0.2) is 122 Å². The Kier molecular flexibility index (Phi) is 73.3. The maximum atomic E-state index is 13.1. The minimum absolute atomic E-state index is 0.0645. The van der Waals surface area contributed by atoms with Crippen molar-refractivity contribution < 1.29 is 80.2 Å². The fourth-order valence-corrected chi connectivity index (χ4v) is 12.2. The Morgan fingerprint density at radius 2 is 0.481 bits per heavy atom. The standard InChI is InChI=1S/C85H146O17P2/c1-5-9-13-17-21-25-29-33-37-39-43-45-49-53-57-61-65-69-82(87)95-75-80(101-84(89)71-67-63-59-55-51-47-41-35-31-27-23-19-15-11-7-3)77-99-103(91,92)97-73-79(86)74-98-104(93,94)100-78-81(102-85(90)72-68-64-60-56-52-48-42-36-32-28-24-20-16-12-8-4)76-96-83(88)70-66-62-58-54-50-46-44-40-38-34-30-26-22-18-14-10-6-2/h21-23,25-27,33-35,37-38,41,43-46,53-54,57-58,79-81,86H,5-20,24,28-32,36,39-40,42,47-52,55-56,59-78H2,1-4H3,(H,91,92)(H,93,94)/b25-21-,26-22-,27-23-,37-33-,38-34-,41-35-,45-43-,46-44-,57-53-,58-54-/t79-,80+,81+/m0/s1. The van der Waals surface area contributed by atoms with Crippen molar-refractivity contribution in [1.29, 1.82) is 0 Å². The second kappa shape index (κ2) is 76.6. The first-order valence-corrected chi connectivity index (χ1v) is 43.8. The molecule has 17 nitrogen and oxygen atoms in total. The summed E-state index contributed by atoms with van der Waals surface area (Å²) in [6, 6.07) is 0. The average molecular weight is 1500 g/mol. The Hall–Kier alpha value is -4.54. The van der Waals surface area contributed by atoms with Gasteiger partial charge in [-0.2, -0.15) is 0 Å². The Morgan fingerprint density at radius 3 is 0.769 bits per heavy atom. The van der Waals surface area contributed by atoms with Crippen LogP contribution in [0, 0.1) is 0 Å². The predicted octanol–water partition coefficient (Wildman–Crippen LogP) is 23.9. The van der Waals surface area contributed by atoms with Crippen LogP contribution in [0.3, 0.4) is 0 Å². The van der Waals surface area contributed by atoms with Crippen LogP contribution >= 0.6 is 15.6 Å². The van der Waals surface area contributed by atoms with Crippen molar-refractivity contribution in [2.24, 2.45) is 0 Å². The molecule has 0 aliphatic carbocycles. The molecule has 0 amide bonds. The van der Waals surface area contributed by atoms with E-state index in [2.05, 4.69) is 125 Å². The van der Waals surface area contributed by atoms with Gasteiger partial charge in [-0.15, -0.1) is 0 Å². The lowest BCUT2D eigenvalue weighted by Crippen LogP contribution is -2.30. The summed E-state index contributed by atoms with van der Waals surface area (Å²) in [7, 11) is -9.99. The minimum Gasteiger partial charge on any atom is -0.462 e. The first kappa shape index (κ1) is 99.5. The largest absolute Gasteiger partial charge is 0.472 e. The summed E-state index contributed by atoms with van der Waals surface area (Å²) in [6.07, 6.45) is 84.7. The molecule has 5 atom stereocenters. The summed E-state index contributed by atoms with van der Waals surface area (Å²) in [5.74, 6) is -2.31. The van der Waals surface area contributed by atoms with Gasteiger partial charge >= 0.3 is 39.5 Å². The zero-order chi connectivity index (χ0) is 76.0. The highest BCUT2D eigenvalue weighted by atomic mass is 31.2. The zero-order valence-electron chi connectivity index (χ0n) is 65.4. The molecule has 0 spiro atoms. The van der Waals surface area contributed by atoms with Crippen molar-refractivity contribution in [2.75, 3.05) is 39.6 Å². The molecule has 2 unspecified atom stereocenters. The van der Waals surface area contributed by atoms with Crippen molar-refractivity contribution in [2.45, 2.75) is 354 Å². The number of hydrogen-bond acceptors (Lipinski definition) is 15. The molecule has 0 radical (unpaired) electrons. The van der Waals surface area contributed by atoms with Gasteiger partial charge in [0.1, 0.15) is 19.3 Å². The van der Waals surface area contributed by atoms with Crippen molar-refractivity contribution >= 4 is 39.5 Å². The molecular formula is C85H146O17P2. The maximum Gasteiger partial charge on any atom is 0.472 e. The van der Waals surface area contributed by atoms with Gasteiger partial charge < -0.3 is 33.8 Å². The van der Waals surface area contributed by atoms with Crippen LogP contribution in [-0.4, -0.2) is 96.7 Å². The average Bonchev–Trinajstić information content (AvgIpc) is 0.937. The number of aliphatic hydroxyl groups excluding tert-OH is 1. The summed E-state index contributed by atoms with van der Waals surface area (Å²) in [4.78, 5) is 73.0. The zero-order valence-corrected chi connectivity index (χ0v) is 67.2. The first-order valence-electron chi connectivity index (χ1n) is 40.8. The van der Waals surface area contributed by atoms with E-state index in [4.69, 9.17) is 37.0 Å². The van der Waals surface area contributed by atoms with E-state index in [1.54, 1.807) is 0 Å². The third-order valence-corrected chi connectivity index (χ3v) is 18.8. The van der Waals surface area contributed by atoms with Gasteiger partial charge in [-0.25, -0.2) is 9.13 Å². The highest BCUT2D eigenvalue weighted by Gasteiger charge is 2.30. The third kappa shape index (κ3) is 75.7. The molecule has 0 aromatic rings. The fourth-order valence-electron chi connectivity index (χ4n) is 10.6. The van der Waals surface area contributed by atoms with Crippen LogP contribution in [0.2, 0.25) is 0 Å². The van der Waals surface area contributed by atoms with Gasteiger partial charge in [-0.1, -0.05) is 297 Å². The normalized spacial score (nSPS) is 14.5. The number of esters is 4. The summed E-state index contributed by atoms with van der Waals surface area (Å²) in [5.41, 5.74) is 0. The van der Waals surface area contributed by atoms with Crippen molar-refractivity contribution in [1.82, 2.24) is 0 Å². The minimum atomic E-state index is -5.00. The molecule has 19 heteroatoms. The van der Waals surface area contributed by atoms with Crippen LogP contribution < -0.4 is 0 Å². The van der Waals surface area contributed by atoms with E-state index in [9.17, 15) is 43.2 Å². The quantitative estimate of drug-likeness (QED) is 0.0169. The van der Waals surface area contributed by atoms with Crippen molar-refractivity contribution in [3.8, 4) is 0 Å². The number of ether oxygens (including phenoxy) is 4. The second-order valence-electron chi connectivity index (χ2n) is 27.0. The molecule has 0 bridgehead atoms. The summed E-state index contributed by atoms with van der Waals surface area (Å²) >= 11 is 0. The van der Waals surface area contributed by atoms with Gasteiger partial charge in [0.25, 0.3) is 0 Å². The number of allylic oxidation sites excluding steroid dienone is 20. The highest BCUT2D eigenvalue weighted by Crippen LogP contribution is 2.45. The van der Waals surface area contributed by atoms with Gasteiger partial charge in [-0.3, -0.25) is 37.3 Å². The first-order chi connectivity index (χ1) is 50.7. The number of carbonyl (C=O) groups excluding carboxylic acids is 4. The van der Waals surface area contributed by atoms with E-state index >= 15 is 0 Å². The molecule has 0 rings (SSSR count). The molecule has 0 aliphatic heterocycles. The van der Waals surface area contributed by atoms with Gasteiger partial charge in [0.15, 0.2) is 12.2 Å². The van der Waals surface area contributed by atoms with E-state index in [-0.39, 0.29) is 25.7 Å². The van der Waals surface area contributed by atoms with E-state index in [1.807, 2.05) is 24.3 Å². The van der Waals surface area contributed by atoms with Gasteiger partial charge in [-0.05, 0) is 135 Å². The van der Waals surface area contributed by atoms with Crippen LogP contribution in [0.25, 0.3) is 0 Å². The maximum absolute atomic E-state index is 13.1. The topological polar surface area (TPSA) is 237 Å². The Morgan fingerprint density at radius 1 is 0.269 bits per heavy atom. The Balaban J connectivity index is 5.46. The molecule has 598 valence electrons. The molecule has 0 aromatic carbocycles. The van der Waals surface area contributed by atoms with E-state index < -0.39 is 97.5 Å². The molecular weight excluding hydrogens is 1350 g/mol. The van der Waals surface area contributed by atoms with Gasteiger partial charge in [0.05, 0.1) is 26.4 Å². The lowest BCUT2D eigenvalue weighted by molar-refractivity contribution is -0.161. The number of aliphatic hydroxyl groups is 1. The highest BCUT2D eigenvalue weighted by molar-refractivity contribution is 7.47. The van der Waals surface area contributed by atoms with E-state index in [0.29, 0.717) is 38.5 Å². The number of unbranched alkanes of at least 4 members (excludes halogenated alkanes) is 30. The van der Waals surface area contributed by atoms with Gasteiger partial charge in [0, 0.05) is 25.7 Å². The van der Waals surface area contributed by atoms with Crippen LogP contribution in [0.5, 0.6) is 0 Å². The molecule has 0 saturated carbocycles. The Labute approximate surface area is 632 Å². The third-order valence-electron chi connectivity index (χ3n) is 16.9. The lowest BCUT2D eigenvalue weighted by atomic mass is 10.0. The molecule has 104 heavy (non-hydrogen) atoms. The number of carbonyl (C=O) groups is 4. The lowest BCUT2D eigenvalue weighted by Gasteiger charge is -2.21. The SMILES string of the molecule is CCCCC/C=C\C/C=C\C/C=C\C/C=C\CCCC(=O)OC[C@H](COP(=O)(O)OC[C@H](O)COP(=O)(O)OC[C@@H](COC(=O)CCC/C=C\C/C=C\C/C=C\C/C=C\CCCCC)OC(=O)CCCCCCCCCCCCCCCCC)OC(=O)CCCCCCC/C=C\C/C=C\CCCCC. The van der Waals surface area contributed by atoms with Crippen LogP contribution in [0.1, 0.15) is 336 Å². The molecule has 0 aromatic heterocycles. The number of phosphoric acid groups is 2. The number of hydrogen-bond donors (Lipinski definition) is 3. The number of phosphoric ester groups is 2. The fraction of sp³-hybridized carbons (Fsp3) is 0.718. The molecule has 0 aliphatic rings. The molecule has 3 N–H and O–H groups in total. The molecule has 0 heterocycles. The van der Waals surface area contributed by atoms with Crippen LogP contribution in [-0.2, 0) is 65.4 Å². The van der Waals surface area contributed by atoms with Crippen LogP contribution in [0.4, 0.5) is 0 Å². The van der Waals surface area contributed by atoms with Gasteiger partial charge in [0.2, 0.25) is 0 Å². The van der Waals surface area contributed by atoms with E-state index in [0.717, 1.165) is 122 Å². The van der Waals surface area contributed by atoms with Crippen molar-refractivity contribution in [3.05, 3.63) is 122 Å². The summed E-state index contributed by atoms with van der Waals surface area (Å²) in [5, 5.41) is 10.6. The molecule has 0 fully saturated rings.